The molecule has 0 amide bonds. The molecule has 0 aliphatic carbocycles. The Morgan fingerprint density at radius 1 is 0.913 bits per heavy atom. The summed E-state index contributed by atoms with van der Waals surface area (Å²) in [5.41, 5.74) is 0.709. The molecule has 1 N–H and O–H groups in total. The Morgan fingerprint density at radius 3 is 2.17 bits per heavy atom. The van der Waals surface area contributed by atoms with Crippen LogP contribution >= 0.6 is 0 Å². The first kappa shape index (κ1) is 16.3. The van der Waals surface area contributed by atoms with Crippen LogP contribution in [0, 0.1) is 11.3 Å². The van der Waals surface area contributed by atoms with Gasteiger partial charge in [-0.15, -0.1) is 0 Å². The summed E-state index contributed by atoms with van der Waals surface area (Å²) in [4.78, 5) is 8.10. The lowest BCUT2D eigenvalue weighted by Gasteiger charge is -2.54. The zero-order valence-corrected chi connectivity index (χ0v) is 15.1. The molecule has 4 nitrogen and oxygen atoms in total. The minimum absolute atomic E-state index is 0.709. The van der Waals surface area contributed by atoms with Gasteiger partial charge in [0, 0.05) is 25.7 Å². The van der Waals surface area contributed by atoms with Gasteiger partial charge in [0.15, 0.2) is 0 Å². The van der Waals surface area contributed by atoms with E-state index in [1.54, 1.807) is 0 Å². The normalized spacial score (nSPS) is 32.2. The number of hydrogen-bond donors (Lipinski definition) is 1. The highest BCUT2D eigenvalue weighted by atomic mass is 15.2. The Morgan fingerprint density at radius 2 is 1.57 bits per heavy atom. The molecule has 4 fully saturated rings. The van der Waals surface area contributed by atoms with Gasteiger partial charge in [-0.2, -0.15) is 0 Å². The van der Waals surface area contributed by atoms with E-state index in [9.17, 15) is 0 Å². The van der Waals surface area contributed by atoms with Crippen LogP contribution < -0.4 is 5.32 Å². The molecule has 132 valence electrons. The van der Waals surface area contributed by atoms with Gasteiger partial charge in [0.2, 0.25) is 0 Å². The van der Waals surface area contributed by atoms with Gasteiger partial charge in [-0.05, 0) is 96.2 Å². The summed E-state index contributed by atoms with van der Waals surface area (Å²) in [5.74, 6) is 0.957. The second kappa shape index (κ2) is 6.99. The molecule has 0 unspecified atom stereocenters. The zero-order chi connectivity index (χ0) is 15.7. The summed E-state index contributed by atoms with van der Waals surface area (Å²) in [6.45, 7) is 12.0. The Kier molecular flexibility index (Phi) is 4.96. The largest absolute Gasteiger partial charge is 0.317 e. The predicted octanol–water partition coefficient (Wildman–Crippen LogP) is 1.48. The Bertz CT molecular complexity index is 369. The van der Waals surface area contributed by atoms with Gasteiger partial charge in [-0.1, -0.05) is 0 Å². The van der Waals surface area contributed by atoms with Crippen LogP contribution in [0.1, 0.15) is 38.5 Å². The molecule has 0 radical (unpaired) electrons. The van der Waals surface area contributed by atoms with Crippen LogP contribution in [0.5, 0.6) is 0 Å². The minimum Gasteiger partial charge on any atom is -0.317 e. The zero-order valence-electron chi connectivity index (χ0n) is 15.1. The van der Waals surface area contributed by atoms with Crippen molar-refractivity contribution in [1.29, 1.82) is 0 Å². The molecule has 4 aliphatic rings. The van der Waals surface area contributed by atoms with Crippen molar-refractivity contribution in [3.8, 4) is 0 Å². The number of piperidine rings is 3. The van der Waals surface area contributed by atoms with Crippen molar-refractivity contribution in [3.05, 3.63) is 0 Å². The number of nitrogens with zero attached hydrogens (tertiary/aromatic N) is 3. The highest BCUT2D eigenvalue weighted by Gasteiger charge is 2.44. The van der Waals surface area contributed by atoms with E-state index in [-0.39, 0.29) is 0 Å². The second-order valence-corrected chi connectivity index (χ2v) is 8.93. The van der Waals surface area contributed by atoms with E-state index in [1.165, 1.54) is 97.4 Å². The number of rotatable bonds is 3. The van der Waals surface area contributed by atoms with Gasteiger partial charge in [0.1, 0.15) is 0 Å². The van der Waals surface area contributed by atoms with Gasteiger partial charge in [-0.3, -0.25) is 0 Å². The van der Waals surface area contributed by atoms with Crippen LogP contribution in [0.2, 0.25) is 0 Å². The molecule has 0 aromatic rings. The van der Waals surface area contributed by atoms with Crippen molar-refractivity contribution >= 4 is 0 Å². The van der Waals surface area contributed by atoms with Crippen molar-refractivity contribution in [2.75, 3.05) is 66.0 Å². The lowest BCUT2D eigenvalue weighted by Crippen LogP contribution is -2.60. The molecular formula is C19H36N4. The van der Waals surface area contributed by atoms with Gasteiger partial charge >= 0.3 is 0 Å². The smallest absolute Gasteiger partial charge is 0.0120 e. The Balaban J connectivity index is 1.18. The average Bonchev–Trinajstić information content (AvgIpc) is 2.56. The van der Waals surface area contributed by atoms with Gasteiger partial charge < -0.3 is 20.0 Å². The third-order valence-corrected chi connectivity index (χ3v) is 7.12. The van der Waals surface area contributed by atoms with Crippen molar-refractivity contribution in [2.24, 2.45) is 11.3 Å². The minimum atomic E-state index is 0.709. The molecule has 0 saturated carbocycles. The lowest BCUT2D eigenvalue weighted by atomic mass is 9.72. The molecule has 4 aliphatic heterocycles. The standard InChI is InChI=1S/C19H36N4/c1-21-15-19(16-21)6-12-23(13-7-19)18-4-10-22(11-5-18)14-17-2-8-20-9-3-17/h17-18,20H,2-16H2,1H3. The summed E-state index contributed by atoms with van der Waals surface area (Å²) in [6, 6.07) is 0.884. The van der Waals surface area contributed by atoms with Gasteiger partial charge in [0.25, 0.3) is 0 Å². The van der Waals surface area contributed by atoms with E-state index < -0.39 is 0 Å². The molecule has 4 heterocycles. The quantitative estimate of drug-likeness (QED) is 0.850. The van der Waals surface area contributed by atoms with Gasteiger partial charge in [-0.25, -0.2) is 0 Å². The molecule has 1 spiro atoms. The molecule has 0 aromatic carbocycles. The van der Waals surface area contributed by atoms with Gasteiger partial charge in [0.05, 0.1) is 0 Å². The maximum Gasteiger partial charge on any atom is 0.0120 e. The van der Waals surface area contributed by atoms with Crippen LogP contribution in [0.25, 0.3) is 0 Å². The molecule has 4 heteroatoms. The fourth-order valence-electron chi connectivity index (χ4n) is 5.68. The second-order valence-electron chi connectivity index (χ2n) is 8.93. The SMILES string of the molecule is CN1CC2(CCN(C3CCN(CC4CCNCC4)CC3)CC2)C1. The topological polar surface area (TPSA) is 21.8 Å². The van der Waals surface area contributed by atoms with Crippen LogP contribution in [-0.2, 0) is 0 Å². The Hall–Kier alpha value is -0.160. The average molecular weight is 321 g/mol. The highest BCUT2D eigenvalue weighted by Crippen LogP contribution is 2.40. The third-order valence-electron chi connectivity index (χ3n) is 7.12. The molecular weight excluding hydrogens is 284 g/mol. The van der Waals surface area contributed by atoms with E-state index in [0.29, 0.717) is 5.41 Å². The molecule has 0 aromatic heterocycles. The molecule has 0 atom stereocenters. The summed E-state index contributed by atoms with van der Waals surface area (Å²) < 4.78 is 0. The first-order valence-electron chi connectivity index (χ1n) is 10.1. The van der Waals surface area contributed by atoms with Crippen LogP contribution in [0.3, 0.4) is 0 Å². The molecule has 0 bridgehead atoms. The summed E-state index contributed by atoms with van der Waals surface area (Å²) in [5, 5.41) is 3.49. The maximum absolute atomic E-state index is 3.49. The lowest BCUT2D eigenvalue weighted by molar-refractivity contribution is -0.0460. The summed E-state index contributed by atoms with van der Waals surface area (Å²) in [6.07, 6.45) is 8.51. The van der Waals surface area contributed by atoms with Crippen LogP contribution in [-0.4, -0.2) is 86.7 Å². The molecule has 23 heavy (non-hydrogen) atoms. The maximum atomic E-state index is 3.49. The highest BCUT2D eigenvalue weighted by molar-refractivity contribution is 4.98. The molecule has 4 rings (SSSR count). The first-order valence-corrected chi connectivity index (χ1v) is 10.1. The third kappa shape index (κ3) is 3.76. The van der Waals surface area contributed by atoms with Crippen LogP contribution in [0.4, 0.5) is 0 Å². The fraction of sp³-hybridized carbons (Fsp3) is 1.00. The van der Waals surface area contributed by atoms with E-state index in [4.69, 9.17) is 0 Å². The first-order chi connectivity index (χ1) is 11.2. The molecule has 4 saturated heterocycles. The number of hydrogen-bond acceptors (Lipinski definition) is 4. The van der Waals surface area contributed by atoms with Crippen molar-refractivity contribution in [1.82, 2.24) is 20.0 Å². The van der Waals surface area contributed by atoms with Crippen molar-refractivity contribution < 1.29 is 0 Å². The predicted molar refractivity (Wildman–Crippen MR) is 95.8 cm³/mol. The number of nitrogens with one attached hydrogen (secondary N) is 1. The number of likely N-dealkylation sites (tertiary alicyclic amines) is 3. The Labute approximate surface area is 142 Å². The monoisotopic (exact) mass is 320 g/mol. The van der Waals surface area contributed by atoms with E-state index in [2.05, 4.69) is 27.1 Å². The van der Waals surface area contributed by atoms with E-state index in [0.717, 1.165) is 12.0 Å². The van der Waals surface area contributed by atoms with Crippen LogP contribution in [0.15, 0.2) is 0 Å². The van der Waals surface area contributed by atoms with Crippen molar-refractivity contribution in [2.45, 2.75) is 44.6 Å². The van der Waals surface area contributed by atoms with E-state index >= 15 is 0 Å². The van der Waals surface area contributed by atoms with E-state index in [1.807, 2.05) is 0 Å². The van der Waals surface area contributed by atoms with Crippen molar-refractivity contribution in [3.63, 3.8) is 0 Å². The summed E-state index contributed by atoms with van der Waals surface area (Å²) in [7, 11) is 2.27. The fourth-order valence-corrected chi connectivity index (χ4v) is 5.68. The summed E-state index contributed by atoms with van der Waals surface area (Å²) >= 11 is 0.